The third kappa shape index (κ3) is 20.6. The summed E-state index contributed by atoms with van der Waals surface area (Å²) in [4.78, 5) is 5.62. The van der Waals surface area contributed by atoms with Gasteiger partial charge in [-0.2, -0.15) is 39.5 Å². The second-order valence-electron chi connectivity index (χ2n) is 19.8. The van der Waals surface area contributed by atoms with E-state index < -0.39 is 45.7 Å². The number of hydrogen-bond acceptors (Lipinski definition) is 12. The highest BCUT2D eigenvalue weighted by atomic mass is 33.1. The van der Waals surface area contributed by atoms with Crippen molar-refractivity contribution in [1.29, 1.82) is 1.43 Å². The fraction of sp³-hybridized carbons (Fsp3) is 0.865. The van der Waals surface area contributed by atoms with Gasteiger partial charge in [-0.3, -0.25) is 0 Å². The largest absolute Gasteiger partial charge is 0.492 e. The molecule has 23 heteroatoms. The normalized spacial score (nSPS) is 22.1. The van der Waals surface area contributed by atoms with Gasteiger partial charge in [0.05, 0.1) is 32.5 Å². The number of alkyl halides is 9. The van der Waals surface area contributed by atoms with E-state index in [0.29, 0.717) is 77.0 Å². The lowest BCUT2D eigenvalue weighted by molar-refractivity contribution is -0.457. The summed E-state index contributed by atoms with van der Waals surface area (Å²) in [6.07, 6.45) is -13.5. The summed E-state index contributed by atoms with van der Waals surface area (Å²) in [5.74, 6) is 3.72. The van der Waals surface area contributed by atoms with E-state index in [1.165, 1.54) is 18.2 Å². The highest BCUT2D eigenvalue weighted by molar-refractivity contribution is 8.76. The fourth-order valence-electron chi connectivity index (χ4n) is 10.5. The molecule has 0 bridgehead atoms. The van der Waals surface area contributed by atoms with Gasteiger partial charge in [0.2, 0.25) is 7.98 Å². The molecule has 4 rings (SSSR count). The number of ether oxygens (including phenoxy) is 5. The van der Waals surface area contributed by atoms with E-state index in [-0.39, 0.29) is 50.5 Å². The fourth-order valence-corrected chi connectivity index (χ4v) is 13.9. The number of rotatable bonds is 34. The zero-order chi connectivity index (χ0) is 56.6. The second-order valence-corrected chi connectivity index (χ2v) is 24.0. The average molecular weight is 1150 g/mol. The summed E-state index contributed by atoms with van der Waals surface area (Å²) in [6, 6.07) is 6.81. The number of likely N-dealkylation sites (N-methyl/N-ethyl adjacent to an activating group) is 1. The van der Waals surface area contributed by atoms with Crippen LogP contribution in [0.15, 0.2) is 18.2 Å². The zero-order valence-electron chi connectivity index (χ0n) is 46.2. The van der Waals surface area contributed by atoms with Crippen LogP contribution in [-0.4, -0.2) is 163 Å². The molecule has 2 unspecified atom stereocenters. The lowest BCUT2D eigenvalue weighted by atomic mass is 9.55. The minimum atomic E-state index is -6.75. The van der Waals surface area contributed by atoms with Crippen molar-refractivity contribution in [2.75, 3.05) is 105 Å². The van der Waals surface area contributed by atoms with Gasteiger partial charge in [-0.15, -0.1) is 0 Å². The van der Waals surface area contributed by atoms with Gasteiger partial charge in [0.15, 0.2) is 0 Å². The van der Waals surface area contributed by atoms with Crippen LogP contribution in [0, 0.1) is 29.7 Å². The molecule has 7 atom stereocenters. The number of halogens is 9. The first-order valence-electron chi connectivity index (χ1n) is 26.8. The van der Waals surface area contributed by atoms with E-state index in [0.717, 1.165) is 81.7 Å². The summed E-state index contributed by atoms with van der Waals surface area (Å²) in [7, 11) is 5.62. The SMILES string of the molecule is C.[2H]CC(CCCOCCSSCCOCCCN(C)CCOc1ccc2c(c1)CC[C@@H]1[C@@H]2CC[C@]2(C)[C@@H](OCCCOC(C(F)(F)F)(C(F)(F)F)C(F)(F)F)CC[C@@H]12)COP(OCC[N+]#[C-])N(C(C)C)C(C)C.[3H]OC. The van der Waals surface area contributed by atoms with Crippen LogP contribution >= 0.6 is 30.1 Å². The molecule has 0 aromatic heterocycles. The van der Waals surface area contributed by atoms with Crippen molar-refractivity contribution in [2.24, 2.45) is 23.2 Å². The lowest BCUT2D eigenvalue weighted by Crippen LogP contribution is -2.67. The van der Waals surface area contributed by atoms with Gasteiger partial charge in [-0.25, -0.2) is 11.2 Å². The minimum Gasteiger partial charge on any atom is -0.492 e. The standard InChI is InChI=1S/C50H79F9N3O7PS2.CH4O.CH4/c1-36(2)62(37(3)4)70(68-28-21-60-7)69-35-38(5)12-9-24-63-30-32-71-72-33-31-64-25-10-22-61(8)23-29-65-40-14-16-41-39(34-40)13-15-43-42(41)19-20-46(6)44(43)17-18-45(46)66-26-11-27-67-47(48(51,52)53,49(54,55)56)50(57,58)59;1-2;/h14,16,34,36-38,42-45H,9-13,15,17-33,35H2,1-6,8H3;2H,1H3;1H4/t38?,42-,43-,44+,45+,46+,70?;;/m1../s1/i5D;2T;. The van der Waals surface area contributed by atoms with Crippen LogP contribution in [-0.2, 0) is 34.4 Å². The van der Waals surface area contributed by atoms with Gasteiger partial charge in [0.25, 0.3) is 8.53 Å². The third-order valence-electron chi connectivity index (χ3n) is 14.0. The van der Waals surface area contributed by atoms with Crippen LogP contribution in [0.25, 0.3) is 4.85 Å². The molecule has 1 aromatic rings. The molecule has 438 valence electrons. The Morgan fingerprint density at radius 3 is 2.09 bits per heavy atom. The first-order chi connectivity index (χ1) is 35.9. The van der Waals surface area contributed by atoms with Gasteiger partial charge in [0.1, 0.15) is 19.0 Å². The molecule has 1 aromatic carbocycles. The maximum atomic E-state index is 13.2. The summed E-state index contributed by atoms with van der Waals surface area (Å²) in [5, 5.41) is 3.50. The van der Waals surface area contributed by atoms with Crippen LogP contribution in [0.2, 0.25) is 0 Å². The number of fused-ring (bicyclic) bond motifs is 5. The molecule has 2 fully saturated rings. The van der Waals surface area contributed by atoms with Crippen LogP contribution in [0.1, 0.15) is 125 Å². The highest BCUT2D eigenvalue weighted by Crippen LogP contribution is 2.62. The first kappa shape index (κ1) is 66.2. The number of aliphatic hydroxyl groups is 1. The summed E-state index contributed by atoms with van der Waals surface area (Å²) < 4.78 is 175. The van der Waals surface area contributed by atoms with Crippen LogP contribution < -0.4 is 4.74 Å². The van der Waals surface area contributed by atoms with E-state index in [2.05, 4.69) is 78.1 Å². The van der Waals surface area contributed by atoms with Crippen molar-refractivity contribution in [3.63, 3.8) is 0 Å². The van der Waals surface area contributed by atoms with Crippen molar-refractivity contribution in [1.82, 2.24) is 9.57 Å². The quantitative estimate of drug-likeness (QED) is 0.0234. The molecule has 3 aliphatic carbocycles. The van der Waals surface area contributed by atoms with Crippen LogP contribution in [0.4, 0.5) is 39.5 Å². The Morgan fingerprint density at radius 2 is 1.49 bits per heavy atom. The van der Waals surface area contributed by atoms with Crippen molar-refractivity contribution in [3.05, 3.63) is 40.7 Å². The molecular formula is C52H87F9N3O8PS2. The average Bonchev–Trinajstić information content (AvgIpc) is 3.67. The Bertz CT molecular complexity index is 1770. The van der Waals surface area contributed by atoms with Gasteiger partial charge >= 0.3 is 24.1 Å². The van der Waals surface area contributed by atoms with Crippen molar-refractivity contribution >= 4 is 30.1 Å². The van der Waals surface area contributed by atoms with Gasteiger partial charge < -0.3 is 47.6 Å². The molecular weight excluding hydrogens is 1060 g/mol. The maximum absolute atomic E-state index is 13.2. The van der Waals surface area contributed by atoms with Gasteiger partial charge in [-0.1, -0.05) is 48.9 Å². The Labute approximate surface area is 454 Å². The Morgan fingerprint density at radius 1 is 0.853 bits per heavy atom. The predicted octanol–water partition coefficient (Wildman–Crippen LogP) is 13.8. The molecule has 75 heavy (non-hydrogen) atoms. The molecule has 0 spiro atoms. The first-order valence-corrected chi connectivity index (χ1v) is 29.3. The smallest absolute Gasteiger partial charge is 0.435 e. The van der Waals surface area contributed by atoms with Crippen LogP contribution in [0.5, 0.6) is 5.75 Å². The van der Waals surface area contributed by atoms with Gasteiger partial charge in [-0.05, 0) is 151 Å². The predicted molar refractivity (Wildman–Crippen MR) is 282 cm³/mol. The van der Waals surface area contributed by atoms with E-state index in [1.54, 1.807) is 21.6 Å². The van der Waals surface area contributed by atoms with Crippen molar-refractivity contribution < 1.29 is 78.7 Å². The molecule has 0 heterocycles. The molecule has 3 aliphatic rings. The monoisotopic (exact) mass is 1150 g/mol. The molecule has 0 aliphatic heterocycles. The minimum absolute atomic E-state index is 0. The zero-order valence-corrected chi connectivity index (χ0v) is 46.8. The molecule has 1 N–H and O–H groups in total. The molecule has 0 saturated heterocycles. The van der Waals surface area contributed by atoms with Crippen molar-refractivity contribution in [3.8, 4) is 5.75 Å². The molecule has 0 amide bonds. The number of aryl methyl sites for hydroxylation is 1. The molecule has 0 radical (unpaired) electrons. The van der Waals surface area contributed by atoms with E-state index >= 15 is 0 Å². The number of hydrogen-bond donors (Lipinski definition) is 1. The second kappa shape index (κ2) is 34.1. The summed E-state index contributed by atoms with van der Waals surface area (Å²) >= 11 is 0. The topological polar surface area (TPSA) is 95.7 Å². The Hall–Kier alpha value is -1.35. The van der Waals surface area contributed by atoms with E-state index in [9.17, 15) is 39.5 Å². The lowest BCUT2D eigenvalue weighted by Gasteiger charge is -2.50. The van der Waals surface area contributed by atoms with Gasteiger partial charge in [0, 0.05) is 65.0 Å². The highest BCUT2D eigenvalue weighted by Gasteiger charge is 2.85. The molecule has 11 nitrogen and oxygen atoms in total. The Kier molecular flexibility index (Phi) is 30.0. The third-order valence-corrected chi connectivity index (χ3v) is 18.4. The van der Waals surface area contributed by atoms with E-state index in [1.807, 2.05) is 6.07 Å². The summed E-state index contributed by atoms with van der Waals surface area (Å²) in [5.41, 5.74) is -3.96. The van der Waals surface area contributed by atoms with Crippen LogP contribution in [0.3, 0.4) is 0 Å². The van der Waals surface area contributed by atoms with Crippen molar-refractivity contribution in [2.45, 2.75) is 161 Å². The summed E-state index contributed by atoms with van der Waals surface area (Å²) in [6.45, 7) is 22.1. The number of nitrogens with zero attached hydrogens (tertiary/aromatic N) is 3. The number of aliphatic hydroxyl groups excluding tert-OH is 1. The molecule has 2 saturated carbocycles. The maximum Gasteiger partial charge on any atom is 0.435 e. The Balaban J connectivity index is 0.00000495. The van der Waals surface area contributed by atoms with E-state index in [4.69, 9.17) is 37.4 Å². The number of benzene rings is 1.